The van der Waals surface area contributed by atoms with Gasteiger partial charge >= 0.3 is 6.03 Å². The molecular formula is C12H18FN3O. The standard InChI is InChI=1S/C12H18FN3O/c1-2-8-16(9-7-14)12(17)15-11-6-4-3-5-10(11)13/h3-6H,2,7-9,14H2,1H3,(H,15,17). The number of nitrogens with two attached hydrogens (primary N) is 1. The van der Waals surface area contributed by atoms with Crippen molar-refractivity contribution in [2.45, 2.75) is 13.3 Å². The molecule has 2 amide bonds. The maximum atomic E-state index is 13.3. The van der Waals surface area contributed by atoms with Gasteiger partial charge in [0.05, 0.1) is 5.69 Å². The second-order valence-corrected chi connectivity index (χ2v) is 3.69. The zero-order valence-electron chi connectivity index (χ0n) is 9.95. The van der Waals surface area contributed by atoms with Crippen molar-refractivity contribution in [3.63, 3.8) is 0 Å². The van der Waals surface area contributed by atoms with Gasteiger partial charge in [-0.3, -0.25) is 0 Å². The zero-order chi connectivity index (χ0) is 12.7. The number of anilines is 1. The fourth-order valence-electron chi connectivity index (χ4n) is 1.50. The lowest BCUT2D eigenvalue weighted by Gasteiger charge is -2.21. The molecule has 0 aliphatic carbocycles. The first-order valence-corrected chi connectivity index (χ1v) is 5.69. The Kier molecular flexibility index (Phi) is 5.42. The summed E-state index contributed by atoms with van der Waals surface area (Å²) < 4.78 is 13.3. The molecule has 0 fully saturated rings. The molecule has 0 bridgehead atoms. The maximum Gasteiger partial charge on any atom is 0.321 e. The van der Waals surface area contributed by atoms with E-state index in [9.17, 15) is 9.18 Å². The van der Waals surface area contributed by atoms with Crippen molar-refractivity contribution in [3.05, 3.63) is 30.1 Å². The first kappa shape index (κ1) is 13.4. The SMILES string of the molecule is CCCN(CCN)C(=O)Nc1ccccc1F. The lowest BCUT2D eigenvalue weighted by atomic mass is 10.3. The molecule has 4 nitrogen and oxygen atoms in total. The van der Waals surface area contributed by atoms with Crippen LogP contribution in [0.2, 0.25) is 0 Å². The second-order valence-electron chi connectivity index (χ2n) is 3.69. The molecule has 94 valence electrons. The largest absolute Gasteiger partial charge is 0.329 e. The highest BCUT2D eigenvalue weighted by atomic mass is 19.1. The third-order valence-electron chi connectivity index (χ3n) is 2.30. The number of hydrogen-bond acceptors (Lipinski definition) is 2. The Balaban J connectivity index is 2.66. The van der Waals surface area contributed by atoms with Crippen molar-refractivity contribution in [2.24, 2.45) is 5.73 Å². The quantitative estimate of drug-likeness (QED) is 0.826. The van der Waals surface area contributed by atoms with Crippen molar-refractivity contribution >= 4 is 11.7 Å². The van der Waals surface area contributed by atoms with Crippen LogP contribution in [0.5, 0.6) is 0 Å². The van der Waals surface area contributed by atoms with E-state index in [-0.39, 0.29) is 11.7 Å². The molecule has 0 atom stereocenters. The van der Waals surface area contributed by atoms with Gasteiger partial charge < -0.3 is 16.0 Å². The third-order valence-corrected chi connectivity index (χ3v) is 2.30. The van der Waals surface area contributed by atoms with Crippen molar-refractivity contribution in [1.82, 2.24) is 4.90 Å². The van der Waals surface area contributed by atoms with Gasteiger partial charge in [0, 0.05) is 19.6 Å². The number of benzene rings is 1. The van der Waals surface area contributed by atoms with Gasteiger partial charge in [-0.15, -0.1) is 0 Å². The van der Waals surface area contributed by atoms with E-state index in [2.05, 4.69) is 5.32 Å². The van der Waals surface area contributed by atoms with Crippen LogP contribution in [-0.2, 0) is 0 Å². The summed E-state index contributed by atoms with van der Waals surface area (Å²) in [4.78, 5) is 13.4. The second kappa shape index (κ2) is 6.85. The molecule has 5 heteroatoms. The molecule has 0 unspecified atom stereocenters. The van der Waals surface area contributed by atoms with Crippen LogP contribution in [0.15, 0.2) is 24.3 Å². The van der Waals surface area contributed by atoms with Crippen LogP contribution < -0.4 is 11.1 Å². The molecule has 0 aliphatic rings. The molecule has 0 saturated carbocycles. The lowest BCUT2D eigenvalue weighted by Crippen LogP contribution is -2.39. The van der Waals surface area contributed by atoms with Gasteiger partial charge in [-0.2, -0.15) is 0 Å². The van der Waals surface area contributed by atoms with E-state index in [1.54, 1.807) is 17.0 Å². The summed E-state index contributed by atoms with van der Waals surface area (Å²) in [6, 6.07) is 5.77. The summed E-state index contributed by atoms with van der Waals surface area (Å²) in [6.07, 6.45) is 0.838. The Labute approximate surface area is 101 Å². The molecule has 1 aromatic carbocycles. The Hall–Kier alpha value is -1.62. The van der Waals surface area contributed by atoms with Gasteiger partial charge in [0.15, 0.2) is 0 Å². The van der Waals surface area contributed by atoms with Gasteiger partial charge in [0.2, 0.25) is 0 Å². The lowest BCUT2D eigenvalue weighted by molar-refractivity contribution is 0.213. The monoisotopic (exact) mass is 239 g/mol. The Bertz CT molecular complexity index is 365. The first-order chi connectivity index (χ1) is 8.19. The smallest absolute Gasteiger partial charge is 0.321 e. The number of carbonyl (C=O) groups is 1. The number of para-hydroxylation sites is 1. The van der Waals surface area contributed by atoms with Gasteiger partial charge in [-0.1, -0.05) is 19.1 Å². The molecule has 0 aliphatic heterocycles. The first-order valence-electron chi connectivity index (χ1n) is 5.69. The molecule has 0 aromatic heterocycles. The number of rotatable bonds is 5. The van der Waals surface area contributed by atoms with Gasteiger partial charge in [-0.05, 0) is 18.6 Å². The highest BCUT2D eigenvalue weighted by Crippen LogP contribution is 2.13. The van der Waals surface area contributed by atoms with E-state index in [0.29, 0.717) is 19.6 Å². The van der Waals surface area contributed by atoms with E-state index in [1.165, 1.54) is 12.1 Å². The van der Waals surface area contributed by atoms with E-state index < -0.39 is 5.82 Å². The minimum atomic E-state index is -0.440. The number of hydrogen-bond donors (Lipinski definition) is 2. The Morgan fingerprint density at radius 3 is 2.71 bits per heavy atom. The van der Waals surface area contributed by atoms with E-state index >= 15 is 0 Å². The molecule has 1 aromatic rings. The van der Waals surface area contributed by atoms with Crippen LogP contribution in [0.3, 0.4) is 0 Å². The predicted molar refractivity (Wildman–Crippen MR) is 66.3 cm³/mol. The Morgan fingerprint density at radius 2 is 2.12 bits per heavy atom. The van der Waals surface area contributed by atoms with E-state index in [4.69, 9.17) is 5.73 Å². The predicted octanol–water partition coefficient (Wildman–Crippen LogP) is 2.03. The van der Waals surface area contributed by atoms with Crippen LogP contribution >= 0.6 is 0 Å². The molecule has 3 N–H and O–H groups in total. The van der Waals surface area contributed by atoms with Crippen molar-refractivity contribution < 1.29 is 9.18 Å². The molecule has 0 heterocycles. The van der Waals surface area contributed by atoms with Crippen LogP contribution in [0, 0.1) is 5.82 Å². The summed E-state index contributed by atoms with van der Waals surface area (Å²) in [7, 11) is 0. The van der Waals surface area contributed by atoms with Gasteiger partial charge in [0.25, 0.3) is 0 Å². The topological polar surface area (TPSA) is 58.4 Å². The number of amides is 2. The van der Waals surface area contributed by atoms with Crippen molar-refractivity contribution in [3.8, 4) is 0 Å². The van der Waals surface area contributed by atoms with Crippen LogP contribution in [0.1, 0.15) is 13.3 Å². The van der Waals surface area contributed by atoms with Crippen LogP contribution in [0.25, 0.3) is 0 Å². The van der Waals surface area contributed by atoms with E-state index in [1.807, 2.05) is 6.92 Å². The summed E-state index contributed by atoms with van der Waals surface area (Å²) in [5, 5.41) is 2.54. The summed E-state index contributed by atoms with van der Waals surface area (Å²) >= 11 is 0. The maximum absolute atomic E-state index is 13.3. The molecule has 0 radical (unpaired) electrons. The average molecular weight is 239 g/mol. The number of nitrogens with zero attached hydrogens (tertiary/aromatic N) is 1. The number of halogens is 1. The minimum absolute atomic E-state index is 0.190. The van der Waals surface area contributed by atoms with Crippen molar-refractivity contribution in [1.29, 1.82) is 0 Å². The Morgan fingerprint density at radius 1 is 1.41 bits per heavy atom. The zero-order valence-corrected chi connectivity index (χ0v) is 9.95. The van der Waals surface area contributed by atoms with E-state index in [0.717, 1.165) is 6.42 Å². The van der Waals surface area contributed by atoms with Crippen molar-refractivity contribution in [2.75, 3.05) is 25.0 Å². The number of nitrogens with one attached hydrogen (secondary N) is 1. The van der Waals surface area contributed by atoms with Gasteiger partial charge in [-0.25, -0.2) is 9.18 Å². The average Bonchev–Trinajstić information content (AvgIpc) is 2.32. The molecular weight excluding hydrogens is 221 g/mol. The molecule has 0 spiro atoms. The number of urea groups is 1. The fourth-order valence-corrected chi connectivity index (χ4v) is 1.50. The summed E-state index contributed by atoms with van der Waals surface area (Å²) in [6.45, 7) is 3.44. The summed E-state index contributed by atoms with van der Waals surface area (Å²) in [5.41, 5.74) is 5.62. The number of carbonyl (C=O) groups excluding carboxylic acids is 1. The molecule has 1 rings (SSSR count). The van der Waals surface area contributed by atoms with Crippen LogP contribution in [-0.4, -0.2) is 30.6 Å². The van der Waals surface area contributed by atoms with Crippen LogP contribution in [0.4, 0.5) is 14.9 Å². The molecule has 0 saturated heterocycles. The molecule has 17 heavy (non-hydrogen) atoms. The third kappa shape index (κ3) is 4.03. The van der Waals surface area contributed by atoms with Gasteiger partial charge in [0.1, 0.15) is 5.82 Å². The highest BCUT2D eigenvalue weighted by molar-refractivity contribution is 5.89. The summed E-state index contributed by atoms with van der Waals surface area (Å²) in [5.74, 6) is -0.440. The normalized spacial score (nSPS) is 10.1. The minimum Gasteiger partial charge on any atom is -0.329 e. The highest BCUT2D eigenvalue weighted by Gasteiger charge is 2.13. The fraction of sp³-hybridized carbons (Fsp3) is 0.417.